The van der Waals surface area contributed by atoms with E-state index in [1.807, 2.05) is 0 Å². The highest BCUT2D eigenvalue weighted by atomic mass is 15.2. The number of likely N-dealkylation sites (tertiary alicyclic amines) is 1. The highest BCUT2D eigenvalue weighted by Crippen LogP contribution is 2.31. The Labute approximate surface area is 87.8 Å². The van der Waals surface area contributed by atoms with Crippen molar-refractivity contribution in [2.24, 2.45) is 17.6 Å². The van der Waals surface area contributed by atoms with Gasteiger partial charge < -0.3 is 5.73 Å². The first kappa shape index (κ1) is 10.4. The second kappa shape index (κ2) is 4.19. The Morgan fingerprint density at radius 2 is 1.86 bits per heavy atom. The Kier molecular flexibility index (Phi) is 3.13. The summed E-state index contributed by atoms with van der Waals surface area (Å²) in [5.41, 5.74) is 6.14. The van der Waals surface area contributed by atoms with Gasteiger partial charge in [-0.1, -0.05) is 20.3 Å². The van der Waals surface area contributed by atoms with Gasteiger partial charge in [-0.3, -0.25) is 4.90 Å². The monoisotopic (exact) mass is 196 g/mol. The van der Waals surface area contributed by atoms with E-state index in [-0.39, 0.29) is 0 Å². The summed E-state index contributed by atoms with van der Waals surface area (Å²) >= 11 is 0. The average molecular weight is 196 g/mol. The summed E-state index contributed by atoms with van der Waals surface area (Å²) < 4.78 is 0. The van der Waals surface area contributed by atoms with Crippen molar-refractivity contribution in [3.8, 4) is 0 Å². The van der Waals surface area contributed by atoms with Gasteiger partial charge in [-0.25, -0.2) is 0 Å². The molecule has 82 valence electrons. The van der Waals surface area contributed by atoms with Gasteiger partial charge >= 0.3 is 0 Å². The van der Waals surface area contributed by atoms with Gasteiger partial charge in [-0.2, -0.15) is 0 Å². The molecule has 1 saturated carbocycles. The summed E-state index contributed by atoms with van der Waals surface area (Å²) in [6, 6.07) is 1.25. The molecule has 1 aliphatic heterocycles. The molecule has 14 heavy (non-hydrogen) atoms. The molecule has 2 nitrogen and oxygen atoms in total. The predicted molar refractivity (Wildman–Crippen MR) is 60.1 cm³/mol. The van der Waals surface area contributed by atoms with Crippen LogP contribution in [0.3, 0.4) is 0 Å². The number of hydrogen-bond donors (Lipinski definition) is 1. The molecule has 2 N–H and O–H groups in total. The van der Waals surface area contributed by atoms with E-state index < -0.39 is 0 Å². The van der Waals surface area contributed by atoms with Crippen molar-refractivity contribution in [2.75, 3.05) is 13.1 Å². The number of nitrogens with two attached hydrogens (primary N) is 1. The van der Waals surface area contributed by atoms with Crippen LogP contribution in [-0.4, -0.2) is 30.1 Å². The molecule has 1 aliphatic carbocycles. The third kappa shape index (κ3) is 1.96. The molecule has 0 aromatic heterocycles. The minimum absolute atomic E-state index is 0.413. The molecule has 2 rings (SSSR count). The highest BCUT2D eigenvalue weighted by molar-refractivity contribution is 4.89. The molecule has 2 heteroatoms. The lowest BCUT2D eigenvalue weighted by molar-refractivity contribution is 0.102. The predicted octanol–water partition coefficient (Wildman–Crippen LogP) is 1.84. The van der Waals surface area contributed by atoms with Gasteiger partial charge in [0.25, 0.3) is 0 Å². The molecule has 0 aromatic carbocycles. The molecular formula is C12H24N2. The molecule has 1 heterocycles. The number of hydrogen-bond acceptors (Lipinski definition) is 2. The van der Waals surface area contributed by atoms with Gasteiger partial charge in [0.1, 0.15) is 0 Å². The quantitative estimate of drug-likeness (QED) is 0.693. The standard InChI is InChI=1S/C12H24N2/c1-9-6-7-14(8-11(9)13)12-5-3-4-10(12)2/h9-12H,3-8,13H2,1-2H3. The molecule has 4 unspecified atom stereocenters. The first-order valence-corrected chi connectivity index (χ1v) is 6.18. The van der Waals surface area contributed by atoms with E-state index in [4.69, 9.17) is 5.73 Å². The smallest absolute Gasteiger partial charge is 0.0194 e. The lowest BCUT2D eigenvalue weighted by Crippen LogP contribution is -2.51. The maximum atomic E-state index is 6.14. The van der Waals surface area contributed by atoms with Crippen molar-refractivity contribution in [1.29, 1.82) is 0 Å². The van der Waals surface area contributed by atoms with Gasteiger partial charge in [0.2, 0.25) is 0 Å². The summed E-state index contributed by atoms with van der Waals surface area (Å²) in [4.78, 5) is 2.66. The largest absolute Gasteiger partial charge is 0.326 e. The van der Waals surface area contributed by atoms with Crippen LogP contribution >= 0.6 is 0 Å². The molecule has 0 radical (unpaired) electrons. The molecule has 0 bridgehead atoms. The third-order valence-electron chi connectivity index (χ3n) is 4.33. The van der Waals surface area contributed by atoms with E-state index in [9.17, 15) is 0 Å². The van der Waals surface area contributed by atoms with Crippen LogP contribution in [-0.2, 0) is 0 Å². The Morgan fingerprint density at radius 1 is 1.07 bits per heavy atom. The van der Waals surface area contributed by atoms with Crippen LogP contribution in [0.1, 0.15) is 39.5 Å². The van der Waals surface area contributed by atoms with Crippen molar-refractivity contribution in [3.63, 3.8) is 0 Å². The van der Waals surface area contributed by atoms with E-state index in [1.165, 1.54) is 32.2 Å². The Morgan fingerprint density at radius 3 is 2.43 bits per heavy atom. The molecule has 0 spiro atoms. The minimum Gasteiger partial charge on any atom is -0.326 e. The van der Waals surface area contributed by atoms with Crippen molar-refractivity contribution in [2.45, 2.75) is 51.6 Å². The molecule has 0 amide bonds. The maximum absolute atomic E-state index is 6.14. The van der Waals surface area contributed by atoms with Crippen LogP contribution in [0, 0.1) is 11.8 Å². The van der Waals surface area contributed by atoms with Crippen LogP contribution in [0.4, 0.5) is 0 Å². The number of piperidine rings is 1. The molecular weight excluding hydrogens is 172 g/mol. The number of nitrogens with zero attached hydrogens (tertiary/aromatic N) is 1. The average Bonchev–Trinajstić information content (AvgIpc) is 2.57. The van der Waals surface area contributed by atoms with E-state index in [0.29, 0.717) is 6.04 Å². The fourth-order valence-electron chi connectivity index (χ4n) is 3.10. The Bertz CT molecular complexity index is 193. The van der Waals surface area contributed by atoms with Crippen LogP contribution in [0.5, 0.6) is 0 Å². The van der Waals surface area contributed by atoms with E-state index >= 15 is 0 Å². The lowest BCUT2D eigenvalue weighted by Gasteiger charge is -2.40. The van der Waals surface area contributed by atoms with Crippen molar-refractivity contribution < 1.29 is 0 Å². The zero-order chi connectivity index (χ0) is 10.1. The van der Waals surface area contributed by atoms with Gasteiger partial charge in [0.05, 0.1) is 0 Å². The minimum atomic E-state index is 0.413. The van der Waals surface area contributed by atoms with Gasteiger partial charge in [-0.05, 0) is 37.6 Å². The SMILES string of the molecule is CC1CCN(C2CCCC2C)CC1N. The molecule has 2 aliphatic rings. The Hall–Kier alpha value is -0.0800. The summed E-state index contributed by atoms with van der Waals surface area (Å²) in [5, 5.41) is 0. The summed E-state index contributed by atoms with van der Waals surface area (Å²) in [7, 11) is 0. The maximum Gasteiger partial charge on any atom is 0.0194 e. The molecule has 4 atom stereocenters. The fourth-order valence-corrected chi connectivity index (χ4v) is 3.10. The van der Waals surface area contributed by atoms with Crippen molar-refractivity contribution in [3.05, 3.63) is 0 Å². The van der Waals surface area contributed by atoms with Crippen LogP contribution in [0.15, 0.2) is 0 Å². The summed E-state index contributed by atoms with van der Waals surface area (Å²) in [5.74, 6) is 1.62. The molecule has 1 saturated heterocycles. The van der Waals surface area contributed by atoms with Gasteiger partial charge in [0.15, 0.2) is 0 Å². The second-order valence-corrected chi connectivity index (χ2v) is 5.40. The first-order chi connectivity index (χ1) is 6.68. The normalized spacial score (nSPS) is 45.6. The number of rotatable bonds is 1. The fraction of sp³-hybridized carbons (Fsp3) is 1.00. The topological polar surface area (TPSA) is 29.3 Å². The van der Waals surface area contributed by atoms with Crippen molar-refractivity contribution >= 4 is 0 Å². The third-order valence-corrected chi connectivity index (χ3v) is 4.33. The van der Waals surface area contributed by atoms with Crippen LogP contribution in [0.25, 0.3) is 0 Å². The van der Waals surface area contributed by atoms with E-state index in [1.54, 1.807) is 0 Å². The zero-order valence-corrected chi connectivity index (χ0v) is 9.58. The zero-order valence-electron chi connectivity index (χ0n) is 9.58. The summed E-state index contributed by atoms with van der Waals surface area (Å²) in [6.45, 7) is 7.11. The van der Waals surface area contributed by atoms with Crippen molar-refractivity contribution in [1.82, 2.24) is 4.90 Å². The lowest BCUT2D eigenvalue weighted by atomic mass is 9.92. The highest BCUT2D eigenvalue weighted by Gasteiger charge is 2.33. The summed E-state index contributed by atoms with van der Waals surface area (Å²) in [6.07, 6.45) is 5.55. The first-order valence-electron chi connectivity index (χ1n) is 6.18. The van der Waals surface area contributed by atoms with E-state index in [0.717, 1.165) is 24.4 Å². The van der Waals surface area contributed by atoms with Crippen LogP contribution < -0.4 is 5.73 Å². The van der Waals surface area contributed by atoms with Gasteiger partial charge in [0, 0.05) is 18.6 Å². The molecule has 2 fully saturated rings. The Balaban J connectivity index is 1.92. The molecule has 0 aromatic rings. The second-order valence-electron chi connectivity index (χ2n) is 5.40. The van der Waals surface area contributed by atoms with Crippen LogP contribution in [0.2, 0.25) is 0 Å². The van der Waals surface area contributed by atoms with Gasteiger partial charge in [-0.15, -0.1) is 0 Å². The van der Waals surface area contributed by atoms with E-state index in [2.05, 4.69) is 18.7 Å².